The first-order valence-corrected chi connectivity index (χ1v) is 5.77. The van der Waals surface area contributed by atoms with Crippen molar-refractivity contribution in [3.05, 3.63) is 35.4 Å². The normalized spacial score (nSPS) is 51.3. The van der Waals surface area contributed by atoms with Crippen molar-refractivity contribution in [1.29, 1.82) is 0 Å². The van der Waals surface area contributed by atoms with Crippen LogP contribution in [0.2, 0.25) is 0 Å². The van der Waals surface area contributed by atoms with Gasteiger partial charge in [0.25, 0.3) is 0 Å². The zero-order valence-electron chi connectivity index (χ0n) is 8.18. The van der Waals surface area contributed by atoms with Crippen molar-refractivity contribution in [2.45, 2.75) is 17.9 Å². The van der Waals surface area contributed by atoms with Gasteiger partial charge in [0.2, 0.25) is 5.91 Å². The molecule has 0 radical (unpaired) electrons. The van der Waals surface area contributed by atoms with Gasteiger partial charge in [-0.1, -0.05) is 24.3 Å². The minimum Gasteiger partial charge on any atom is -0.352 e. The van der Waals surface area contributed by atoms with Crippen molar-refractivity contribution < 1.29 is 4.79 Å². The molecular formula is C13H11NO. The van der Waals surface area contributed by atoms with E-state index in [1.165, 1.54) is 5.56 Å². The van der Waals surface area contributed by atoms with Crippen molar-refractivity contribution >= 4 is 5.91 Å². The van der Waals surface area contributed by atoms with Crippen LogP contribution < -0.4 is 5.32 Å². The minimum atomic E-state index is 0.319. The molecule has 1 aromatic carbocycles. The third kappa shape index (κ3) is 0.543. The summed E-state index contributed by atoms with van der Waals surface area (Å²) in [7, 11) is 0. The van der Waals surface area contributed by atoms with E-state index in [0.29, 0.717) is 35.6 Å². The Morgan fingerprint density at radius 1 is 0.933 bits per heavy atom. The van der Waals surface area contributed by atoms with E-state index in [4.69, 9.17) is 0 Å². The number of amides is 1. The Morgan fingerprint density at radius 3 is 2.40 bits per heavy atom. The standard InChI is InChI=1S/C13H11NO/c15-13-11-8-6-4-2-1-3-5(6)7-9(11)10(7)12(8)14-13/h1-4,7-12H,(H,14,15)/t7-,8+,9-,10-,11+,12+/m1/s1. The number of hydrogen-bond acceptors (Lipinski definition) is 1. The van der Waals surface area contributed by atoms with Crippen LogP contribution in [-0.4, -0.2) is 11.9 Å². The molecule has 15 heavy (non-hydrogen) atoms. The lowest BCUT2D eigenvalue weighted by atomic mass is 9.74. The van der Waals surface area contributed by atoms with E-state index in [2.05, 4.69) is 29.6 Å². The molecule has 6 bridgehead atoms. The van der Waals surface area contributed by atoms with Crippen LogP contribution in [0.5, 0.6) is 0 Å². The Labute approximate surface area is 87.7 Å². The second-order valence-corrected chi connectivity index (χ2v) is 5.40. The zero-order chi connectivity index (χ0) is 9.73. The van der Waals surface area contributed by atoms with E-state index in [1.54, 1.807) is 5.56 Å². The number of carbonyl (C=O) groups is 1. The van der Waals surface area contributed by atoms with Crippen LogP contribution in [0.15, 0.2) is 24.3 Å². The molecule has 6 atom stereocenters. The van der Waals surface area contributed by atoms with E-state index in [-0.39, 0.29) is 0 Å². The molecule has 1 aliphatic heterocycles. The molecule has 0 spiro atoms. The van der Waals surface area contributed by atoms with E-state index in [1.807, 2.05) is 0 Å². The average Bonchev–Trinajstić information content (AvgIpc) is 2.84. The topological polar surface area (TPSA) is 29.1 Å². The predicted octanol–water partition coefficient (Wildman–Crippen LogP) is 1.24. The van der Waals surface area contributed by atoms with Crippen LogP contribution in [-0.2, 0) is 4.79 Å². The summed E-state index contributed by atoms with van der Waals surface area (Å²) >= 11 is 0. The maximum absolute atomic E-state index is 11.8. The first kappa shape index (κ1) is 7.04. The van der Waals surface area contributed by atoms with Gasteiger partial charge in [0.05, 0.1) is 5.92 Å². The van der Waals surface area contributed by atoms with E-state index >= 15 is 0 Å². The first-order chi connectivity index (χ1) is 7.38. The Morgan fingerprint density at radius 2 is 1.67 bits per heavy atom. The van der Waals surface area contributed by atoms with Gasteiger partial charge in [0.1, 0.15) is 0 Å². The number of carbonyl (C=O) groups excluding carboxylic acids is 1. The highest BCUT2D eigenvalue weighted by atomic mass is 16.2. The molecule has 1 heterocycles. The third-order valence-electron chi connectivity index (χ3n) is 5.06. The summed E-state index contributed by atoms with van der Waals surface area (Å²) in [5.41, 5.74) is 3.00. The minimum absolute atomic E-state index is 0.319. The zero-order valence-corrected chi connectivity index (χ0v) is 8.18. The summed E-state index contributed by atoms with van der Waals surface area (Å²) in [6.07, 6.45) is 0. The van der Waals surface area contributed by atoms with Crippen molar-refractivity contribution in [3.8, 4) is 0 Å². The average molecular weight is 197 g/mol. The number of rotatable bonds is 0. The second kappa shape index (κ2) is 1.84. The summed E-state index contributed by atoms with van der Waals surface area (Å²) in [5.74, 6) is 3.34. The monoisotopic (exact) mass is 197 g/mol. The number of piperidine rings is 1. The highest BCUT2D eigenvalue weighted by molar-refractivity contribution is 5.88. The molecule has 1 aromatic rings. The smallest absolute Gasteiger partial charge is 0.224 e. The SMILES string of the molecule is O=C1N[C@H]2[C@H]3c4ccccc4[C@H]4[C@@H]2[C@@H]4[C@@H]13. The molecule has 74 valence electrons. The quantitative estimate of drug-likeness (QED) is 0.666. The highest BCUT2D eigenvalue weighted by Gasteiger charge is 2.76. The van der Waals surface area contributed by atoms with Gasteiger partial charge in [0, 0.05) is 12.0 Å². The highest BCUT2D eigenvalue weighted by Crippen LogP contribution is 2.76. The molecule has 2 heteroatoms. The molecule has 5 aliphatic rings. The molecule has 2 saturated carbocycles. The summed E-state index contributed by atoms with van der Waals surface area (Å²) in [6, 6.07) is 9.22. The Balaban J connectivity index is 1.84. The molecule has 1 saturated heterocycles. The molecular weight excluding hydrogens is 186 g/mol. The van der Waals surface area contributed by atoms with Crippen molar-refractivity contribution in [3.63, 3.8) is 0 Å². The summed E-state index contributed by atoms with van der Waals surface area (Å²) in [5, 5.41) is 3.18. The van der Waals surface area contributed by atoms with Crippen LogP contribution in [0.4, 0.5) is 0 Å². The van der Waals surface area contributed by atoms with Gasteiger partial charge in [-0.25, -0.2) is 0 Å². The van der Waals surface area contributed by atoms with Gasteiger partial charge in [-0.2, -0.15) is 0 Å². The Bertz CT molecular complexity index is 509. The predicted molar refractivity (Wildman–Crippen MR) is 54.3 cm³/mol. The number of hydrogen-bond donors (Lipinski definition) is 1. The maximum Gasteiger partial charge on any atom is 0.224 e. The fraction of sp³-hybridized carbons (Fsp3) is 0.462. The molecule has 0 aromatic heterocycles. The Kier molecular flexibility index (Phi) is 0.865. The lowest BCUT2D eigenvalue weighted by Crippen LogP contribution is -2.33. The van der Waals surface area contributed by atoms with Crippen molar-refractivity contribution in [2.24, 2.45) is 17.8 Å². The molecule has 6 rings (SSSR count). The fourth-order valence-electron chi connectivity index (χ4n) is 4.69. The molecule has 1 N–H and O–H groups in total. The van der Waals surface area contributed by atoms with Crippen LogP contribution in [0.1, 0.15) is 23.0 Å². The van der Waals surface area contributed by atoms with E-state index in [9.17, 15) is 4.79 Å². The molecule has 1 amide bonds. The van der Waals surface area contributed by atoms with Crippen LogP contribution in [0.25, 0.3) is 0 Å². The van der Waals surface area contributed by atoms with Gasteiger partial charge in [0.15, 0.2) is 0 Å². The van der Waals surface area contributed by atoms with E-state index < -0.39 is 0 Å². The van der Waals surface area contributed by atoms with Gasteiger partial charge < -0.3 is 5.32 Å². The summed E-state index contributed by atoms with van der Waals surface area (Å²) in [6.45, 7) is 0. The fourth-order valence-corrected chi connectivity index (χ4v) is 4.69. The van der Waals surface area contributed by atoms with Gasteiger partial charge >= 0.3 is 0 Å². The van der Waals surface area contributed by atoms with Gasteiger partial charge in [-0.05, 0) is 28.9 Å². The molecule has 4 aliphatic carbocycles. The molecule has 0 unspecified atom stereocenters. The molecule has 2 nitrogen and oxygen atoms in total. The lowest BCUT2D eigenvalue weighted by molar-refractivity contribution is -0.124. The maximum atomic E-state index is 11.8. The lowest BCUT2D eigenvalue weighted by Gasteiger charge is -2.29. The van der Waals surface area contributed by atoms with Gasteiger partial charge in [-0.3, -0.25) is 4.79 Å². The van der Waals surface area contributed by atoms with Crippen LogP contribution in [0, 0.1) is 17.8 Å². The largest absolute Gasteiger partial charge is 0.352 e. The first-order valence-electron chi connectivity index (χ1n) is 5.77. The van der Waals surface area contributed by atoms with E-state index in [0.717, 1.165) is 5.92 Å². The third-order valence-corrected chi connectivity index (χ3v) is 5.06. The van der Waals surface area contributed by atoms with Crippen LogP contribution >= 0.6 is 0 Å². The summed E-state index contributed by atoms with van der Waals surface area (Å²) < 4.78 is 0. The molecule has 3 fully saturated rings. The summed E-state index contributed by atoms with van der Waals surface area (Å²) in [4.78, 5) is 11.8. The van der Waals surface area contributed by atoms with Gasteiger partial charge in [-0.15, -0.1) is 0 Å². The second-order valence-electron chi connectivity index (χ2n) is 5.40. The number of nitrogens with one attached hydrogen (secondary N) is 1. The van der Waals surface area contributed by atoms with Crippen molar-refractivity contribution in [1.82, 2.24) is 5.32 Å². The van der Waals surface area contributed by atoms with Crippen LogP contribution in [0.3, 0.4) is 0 Å². The number of benzene rings is 1. The van der Waals surface area contributed by atoms with Crippen molar-refractivity contribution in [2.75, 3.05) is 0 Å². The Hall–Kier alpha value is -1.31.